The summed E-state index contributed by atoms with van der Waals surface area (Å²) in [5.41, 5.74) is 0.944. The zero-order valence-corrected chi connectivity index (χ0v) is 12.2. The second-order valence-electron chi connectivity index (χ2n) is 4.99. The molecule has 0 spiro atoms. The predicted octanol–water partition coefficient (Wildman–Crippen LogP) is 2.30. The lowest BCUT2D eigenvalue weighted by Gasteiger charge is -2.29. The number of carbonyl (C=O) groups excluding carboxylic acids is 1. The maximum Gasteiger partial charge on any atom is 0.237 e. The molecule has 106 valence electrons. The predicted molar refractivity (Wildman–Crippen MR) is 77.0 cm³/mol. The van der Waals surface area contributed by atoms with E-state index in [1.807, 2.05) is 38.7 Å². The van der Waals surface area contributed by atoms with Gasteiger partial charge in [-0.25, -0.2) is 0 Å². The lowest BCUT2D eigenvalue weighted by atomic mass is 10.1. The fourth-order valence-corrected chi connectivity index (χ4v) is 2.02. The van der Waals surface area contributed by atoms with Crippen molar-refractivity contribution in [1.29, 1.82) is 0 Å². The van der Waals surface area contributed by atoms with Crippen LogP contribution in [0, 0.1) is 0 Å². The van der Waals surface area contributed by atoms with Gasteiger partial charge in [-0.15, -0.1) is 0 Å². The third-order valence-electron chi connectivity index (χ3n) is 3.14. The van der Waals surface area contributed by atoms with Crippen LogP contribution < -0.4 is 5.32 Å². The van der Waals surface area contributed by atoms with E-state index in [0.717, 1.165) is 5.56 Å². The van der Waals surface area contributed by atoms with Crippen molar-refractivity contribution in [2.75, 3.05) is 13.1 Å². The summed E-state index contributed by atoms with van der Waals surface area (Å²) in [7, 11) is 0. The average Bonchev–Trinajstić information content (AvgIpc) is 2.37. The third-order valence-corrected chi connectivity index (χ3v) is 3.14. The molecule has 1 unspecified atom stereocenters. The Kier molecular flexibility index (Phi) is 5.83. The summed E-state index contributed by atoms with van der Waals surface area (Å²) in [6.45, 7) is 8.96. The van der Waals surface area contributed by atoms with Crippen LogP contribution in [-0.2, 0) is 4.79 Å². The van der Waals surface area contributed by atoms with Crippen LogP contribution in [0.4, 0.5) is 0 Å². The van der Waals surface area contributed by atoms with Crippen molar-refractivity contribution in [3.05, 3.63) is 29.8 Å². The molecular weight excluding hydrogens is 240 g/mol. The van der Waals surface area contributed by atoms with Gasteiger partial charge >= 0.3 is 0 Å². The van der Waals surface area contributed by atoms with E-state index in [1.165, 1.54) is 0 Å². The van der Waals surface area contributed by atoms with Crippen LogP contribution in [0.25, 0.3) is 0 Å². The van der Waals surface area contributed by atoms with E-state index in [2.05, 4.69) is 5.32 Å². The third kappa shape index (κ3) is 4.56. The molecule has 1 aromatic rings. The minimum atomic E-state index is -0.0430. The molecule has 0 aliphatic carbocycles. The Balaban J connectivity index is 2.76. The van der Waals surface area contributed by atoms with Crippen molar-refractivity contribution in [2.24, 2.45) is 0 Å². The van der Waals surface area contributed by atoms with E-state index in [9.17, 15) is 9.90 Å². The number of aromatic hydroxyl groups is 1. The number of benzene rings is 1. The summed E-state index contributed by atoms with van der Waals surface area (Å²) in [5.74, 6) is 0.306. The van der Waals surface area contributed by atoms with Gasteiger partial charge < -0.3 is 15.3 Å². The van der Waals surface area contributed by atoms with Crippen LogP contribution in [0.3, 0.4) is 0 Å². The smallest absolute Gasteiger partial charge is 0.237 e. The first-order chi connectivity index (χ1) is 8.95. The summed E-state index contributed by atoms with van der Waals surface area (Å²) < 4.78 is 0. The molecule has 0 saturated heterocycles. The molecule has 2 N–H and O–H groups in total. The van der Waals surface area contributed by atoms with Gasteiger partial charge in [0.05, 0.1) is 12.6 Å². The first-order valence-corrected chi connectivity index (χ1v) is 6.77. The summed E-state index contributed by atoms with van der Waals surface area (Å²) in [4.78, 5) is 14.0. The van der Waals surface area contributed by atoms with Crippen LogP contribution in [-0.4, -0.2) is 35.0 Å². The van der Waals surface area contributed by atoms with Crippen molar-refractivity contribution >= 4 is 5.91 Å². The molecule has 0 aromatic heterocycles. The molecule has 0 bridgehead atoms. The fraction of sp³-hybridized carbons (Fsp3) is 0.533. The highest BCUT2D eigenvalue weighted by atomic mass is 16.3. The van der Waals surface area contributed by atoms with Crippen LogP contribution in [0.5, 0.6) is 5.75 Å². The summed E-state index contributed by atoms with van der Waals surface area (Å²) >= 11 is 0. The van der Waals surface area contributed by atoms with Crippen molar-refractivity contribution in [1.82, 2.24) is 10.2 Å². The normalized spacial score (nSPS) is 12.5. The number of carbonyl (C=O) groups is 1. The molecule has 1 amide bonds. The molecule has 1 rings (SSSR count). The van der Waals surface area contributed by atoms with E-state index in [-0.39, 0.29) is 17.7 Å². The van der Waals surface area contributed by atoms with Crippen LogP contribution in [0.1, 0.15) is 39.3 Å². The minimum Gasteiger partial charge on any atom is -0.508 e. The first kappa shape index (κ1) is 15.5. The number of phenolic OH excluding ortho intramolecular Hbond substituents is 1. The molecule has 4 nitrogen and oxygen atoms in total. The highest BCUT2D eigenvalue weighted by Gasteiger charge is 2.19. The van der Waals surface area contributed by atoms with Crippen molar-refractivity contribution in [3.63, 3.8) is 0 Å². The number of likely N-dealkylation sites (N-methyl/N-ethyl adjacent to an activating group) is 1. The molecule has 19 heavy (non-hydrogen) atoms. The largest absolute Gasteiger partial charge is 0.508 e. The zero-order valence-electron chi connectivity index (χ0n) is 12.2. The summed E-state index contributed by atoms with van der Waals surface area (Å²) in [5, 5.41) is 12.7. The summed E-state index contributed by atoms with van der Waals surface area (Å²) in [6, 6.07) is 7.31. The second kappa shape index (κ2) is 7.14. The first-order valence-electron chi connectivity index (χ1n) is 6.77. The molecular formula is C15H24N2O2. The Morgan fingerprint density at radius 2 is 2.05 bits per heavy atom. The Morgan fingerprint density at radius 3 is 2.58 bits per heavy atom. The Morgan fingerprint density at radius 1 is 1.37 bits per heavy atom. The molecule has 1 aromatic carbocycles. The number of nitrogens with zero attached hydrogens (tertiary/aromatic N) is 1. The molecule has 4 heteroatoms. The number of hydrogen-bond acceptors (Lipinski definition) is 3. The molecule has 0 saturated carbocycles. The van der Waals surface area contributed by atoms with Crippen molar-refractivity contribution < 1.29 is 9.90 Å². The Labute approximate surface area is 115 Å². The molecule has 0 aliphatic rings. The maximum absolute atomic E-state index is 12.2. The van der Waals surface area contributed by atoms with E-state index >= 15 is 0 Å². The van der Waals surface area contributed by atoms with Gasteiger partial charge in [-0.3, -0.25) is 4.79 Å². The van der Waals surface area contributed by atoms with Crippen LogP contribution >= 0.6 is 0 Å². The Hall–Kier alpha value is -1.55. The van der Waals surface area contributed by atoms with Gasteiger partial charge in [0.2, 0.25) is 5.91 Å². The number of hydrogen-bond donors (Lipinski definition) is 2. The molecule has 0 radical (unpaired) electrons. The average molecular weight is 264 g/mol. The highest BCUT2D eigenvalue weighted by Crippen LogP contribution is 2.23. The fourth-order valence-electron chi connectivity index (χ4n) is 2.02. The topological polar surface area (TPSA) is 52.6 Å². The van der Waals surface area contributed by atoms with Crippen LogP contribution in [0.2, 0.25) is 0 Å². The van der Waals surface area contributed by atoms with Gasteiger partial charge in [0, 0.05) is 12.6 Å². The maximum atomic E-state index is 12.2. The highest BCUT2D eigenvalue weighted by molar-refractivity contribution is 5.78. The SMILES string of the molecule is CCN(C(=O)CNC(C)C)C(C)c1cccc(O)c1. The molecule has 0 aliphatic heterocycles. The van der Waals surface area contributed by atoms with Gasteiger partial charge in [0.1, 0.15) is 5.75 Å². The van der Waals surface area contributed by atoms with E-state index in [4.69, 9.17) is 0 Å². The van der Waals surface area contributed by atoms with Gasteiger partial charge in [0.25, 0.3) is 0 Å². The lowest BCUT2D eigenvalue weighted by molar-refractivity contribution is -0.132. The monoisotopic (exact) mass is 264 g/mol. The number of amides is 1. The minimum absolute atomic E-state index is 0.0430. The van der Waals surface area contributed by atoms with Crippen LogP contribution in [0.15, 0.2) is 24.3 Å². The number of nitrogens with one attached hydrogen (secondary N) is 1. The van der Waals surface area contributed by atoms with E-state index < -0.39 is 0 Å². The zero-order chi connectivity index (χ0) is 14.4. The molecule has 1 atom stereocenters. The molecule has 0 heterocycles. The molecule has 0 fully saturated rings. The van der Waals surface area contributed by atoms with Gasteiger partial charge in [0.15, 0.2) is 0 Å². The standard InChI is InChI=1S/C15H24N2O2/c1-5-17(15(19)10-16-11(2)3)12(4)13-7-6-8-14(18)9-13/h6-9,11-12,16,18H,5,10H2,1-4H3. The van der Waals surface area contributed by atoms with E-state index in [1.54, 1.807) is 18.2 Å². The van der Waals surface area contributed by atoms with Gasteiger partial charge in [-0.2, -0.15) is 0 Å². The van der Waals surface area contributed by atoms with Gasteiger partial charge in [-0.05, 0) is 31.5 Å². The quantitative estimate of drug-likeness (QED) is 0.829. The van der Waals surface area contributed by atoms with E-state index in [0.29, 0.717) is 19.1 Å². The van der Waals surface area contributed by atoms with Crippen molar-refractivity contribution in [2.45, 2.75) is 39.8 Å². The lowest BCUT2D eigenvalue weighted by Crippen LogP contribution is -2.41. The van der Waals surface area contributed by atoms with Gasteiger partial charge in [-0.1, -0.05) is 26.0 Å². The number of rotatable bonds is 6. The second-order valence-corrected chi connectivity index (χ2v) is 4.99. The number of phenols is 1. The Bertz CT molecular complexity index is 418. The van der Waals surface area contributed by atoms with Crippen molar-refractivity contribution in [3.8, 4) is 5.75 Å². The summed E-state index contributed by atoms with van der Waals surface area (Å²) in [6.07, 6.45) is 0.